The fraction of sp³-hybridized carbons (Fsp3) is 0.357. The lowest BCUT2D eigenvalue weighted by Crippen LogP contribution is -2.25. The van der Waals surface area contributed by atoms with Crippen molar-refractivity contribution in [2.45, 2.75) is 31.0 Å². The third-order valence-electron chi connectivity index (χ3n) is 3.23. The summed E-state index contributed by atoms with van der Waals surface area (Å²) in [5.41, 5.74) is -0.593. The van der Waals surface area contributed by atoms with Gasteiger partial charge >= 0.3 is 6.18 Å². The van der Waals surface area contributed by atoms with Crippen molar-refractivity contribution < 1.29 is 21.6 Å². The monoisotopic (exact) mass is 381 g/mol. The van der Waals surface area contributed by atoms with E-state index in [-0.39, 0.29) is 18.0 Å². The zero-order chi connectivity index (χ0) is 18.0. The van der Waals surface area contributed by atoms with E-state index in [4.69, 9.17) is 11.6 Å². The smallest absolute Gasteiger partial charge is 0.269 e. The topological polar surface area (TPSA) is 64.0 Å². The number of aromatic nitrogens is 2. The van der Waals surface area contributed by atoms with Crippen molar-refractivity contribution in [3.63, 3.8) is 0 Å². The van der Waals surface area contributed by atoms with Gasteiger partial charge in [-0.2, -0.15) is 18.3 Å². The van der Waals surface area contributed by atoms with E-state index >= 15 is 0 Å². The van der Waals surface area contributed by atoms with Gasteiger partial charge < -0.3 is 0 Å². The molecule has 0 atom stereocenters. The van der Waals surface area contributed by atoms with E-state index in [0.29, 0.717) is 17.1 Å². The maximum Gasteiger partial charge on any atom is 0.435 e. The zero-order valence-corrected chi connectivity index (χ0v) is 14.2. The fourth-order valence-corrected chi connectivity index (χ4v) is 3.21. The average Bonchev–Trinajstić information content (AvgIpc) is 2.85. The van der Waals surface area contributed by atoms with Crippen molar-refractivity contribution >= 4 is 21.6 Å². The molecule has 0 saturated carbocycles. The van der Waals surface area contributed by atoms with Crippen LogP contribution in [0.4, 0.5) is 13.2 Å². The maximum absolute atomic E-state index is 12.6. The van der Waals surface area contributed by atoms with Gasteiger partial charge in [-0.15, -0.1) is 0 Å². The van der Waals surface area contributed by atoms with Crippen LogP contribution < -0.4 is 4.72 Å². The molecule has 10 heteroatoms. The SMILES string of the molecule is Cc1cc(C(F)(F)F)nn1CCCNS(=O)(=O)c1ccc(Cl)cc1. The molecule has 0 saturated heterocycles. The van der Waals surface area contributed by atoms with Crippen LogP contribution in [0.3, 0.4) is 0 Å². The lowest BCUT2D eigenvalue weighted by atomic mass is 10.3. The van der Waals surface area contributed by atoms with Crippen LogP contribution in [0, 0.1) is 6.92 Å². The van der Waals surface area contributed by atoms with Crippen molar-refractivity contribution in [3.8, 4) is 0 Å². The Morgan fingerprint density at radius 1 is 1.25 bits per heavy atom. The molecule has 0 aliphatic carbocycles. The van der Waals surface area contributed by atoms with Crippen LogP contribution in [0.25, 0.3) is 0 Å². The highest BCUT2D eigenvalue weighted by Gasteiger charge is 2.34. The number of halogens is 4. The second-order valence-electron chi connectivity index (χ2n) is 5.10. The highest BCUT2D eigenvalue weighted by molar-refractivity contribution is 7.89. The zero-order valence-electron chi connectivity index (χ0n) is 12.6. The summed E-state index contributed by atoms with van der Waals surface area (Å²) in [6.07, 6.45) is -4.20. The van der Waals surface area contributed by atoms with E-state index in [0.717, 1.165) is 6.07 Å². The summed E-state index contributed by atoms with van der Waals surface area (Å²) < 4.78 is 65.4. The van der Waals surface area contributed by atoms with Crippen molar-refractivity contribution in [1.82, 2.24) is 14.5 Å². The van der Waals surface area contributed by atoms with Gasteiger partial charge in [-0.25, -0.2) is 13.1 Å². The van der Waals surface area contributed by atoms with Gasteiger partial charge in [0.2, 0.25) is 10.0 Å². The maximum atomic E-state index is 12.6. The van der Waals surface area contributed by atoms with Crippen molar-refractivity contribution in [2.75, 3.05) is 6.54 Å². The Kier molecular flexibility index (Phi) is 5.56. The Hall–Kier alpha value is -1.58. The molecule has 0 aliphatic rings. The molecule has 0 amide bonds. The van der Waals surface area contributed by atoms with Gasteiger partial charge in [0, 0.05) is 23.8 Å². The van der Waals surface area contributed by atoms with Gasteiger partial charge in [0.1, 0.15) is 0 Å². The summed E-state index contributed by atoms with van der Waals surface area (Å²) in [5.74, 6) is 0. The molecule has 1 aromatic carbocycles. The van der Waals surface area contributed by atoms with E-state index in [1.165, 1.54) is 35.9 Å². The normalized spacial score (nSPS) is 12.5. The lowest BCUT2D eigenvalue weighted by Gasteiger charge is -2.08. The molecular formula is C14H15ClF3N3O2S. The number of rotatable bonds is 6. The molecule has 0 fully saturated rings. The Balaban J connectivity index is 1.91. The standard InChI is InChI=1S/C14H15ClF3N3O2S/c1-10-9-13(14(16,17)18)20-21(10)8-2-7-19-24(22,23)12-5-3-11(15)4-6-12/h3-6,9,19H,2,7-8H2,1H3. The van der Waals surface area contributed by atoms with Gasteiger partial charge in [0.05, 0.1) is 4.90 Å². The first-order valence-electron chi connectivity index (χ1n) is 6.96. The van der Waals surface area contributed by atoms with E-state index < -0.39 is 21.9 Å². The molecule has 1 heterocycles. The summed E-state index contributed by atoms with van der Waals surface area (Å²) >= 11 is 5.70. The molecule has 1 aromatic heterocycles. The summed E-state index contributed by atoms with van der Waals surface area (Å²) in [4.78, 5) is 0.0709. The molecule has 132 valence electrons. The van der Waals surface area contributed by atoms with Gasteiger partial charge in [0.25, 0.3) is 0 Å². The summed E-state index contributed by atoms with van der Waals surface area (Å²) in [6, 6.07) is 6.62. The van der Waals surface area contributed by atoms with E-state index in [1.54, 1.807) is 0 Å². The number of benzene rings is 1. The van der Waals surface area contributed by atoms with E-state index in [2.05, 4.69) is 9.82 Å². The Labute approximate surface area is 142 Å². The minimum Gasteiger partial charge on any atom is -0.269 e. The van der Waals surface area contributed by atoms with Crippen LogP contribution in [0.2, 0.25) is 5.02 Å². The predicted molar refractivity (Wildman–Crippen MR) is 83.2 cm³/mol. The number of aryl methyl sites for hydroxylation is 2. The quantitative estimate of drug-likeness (QED) is 0.781. The third-order valence-corrected chi connectivity index (χ3v) is 4.96. The largest absolute Gasteiger partial charge is 0.435 e. The first-order chi connectivity index (χ1) is 11.1. The first kappa shape index (κ1) is 18.8. The molecule has 0 unspecified atom stereocenters. The van der Waals surface area contributed by atoms with Crippen LogP contribution in [-0.2, 0) is 22.7 Å². The minimum absolute atomic E-state index is 0.0709. The molecule has 0 spiro atoms. The number of alkyl halides is 3. The Morgan fingerprint density at radius 3 is 2.42 bits per heavy atom. The van der Waals surface area contributed by atoms with Crippen LogP contribution >= 0.6 is 11.6 Å². The van der Waals surface area contributed by atoms with Crippen LogP contribution in [0.5, 0.6) is 0 Å². The van der Waals surface area contributed by atoms with Crippen LogP contribution in [0.1, 0.15) is 17.8 Å². The second-order valence-corrected chi connectivity index (χ2v) is 7.30. The number of sulfonamides is 1. The molecule has 2 rings (SSSR count). The lowest BCUT2D eigenvalue weighted by molar-refractivity contribution is -0.141. The average molecular weight is 382 g/mol. The van der Waals surface area contributed by atoms with Gasteiger partial charge in [0.15, 0.2) is 5.69 Å². The Morgan fingerprint density at radius 2 is 1.88 bits per heavy atom. The predicted octanol–water partition coefficient (Wildman–Crippen LogP) is 3.23. The fourth-order valence-electron chi connectivity index (χ4n) is 2.01. The van der Waals surface area contributed by atoms with E-state index in [9.17, 15) is 21.6 Å². The molecule has 2 aromatic rings. The summed E-state index contributed by atoms with van der Waals surface area (Å²) in [5, 5.41) is 3.90. The molecule has 0 bridgehead atoms. The minimum atomic E-state index is -4.49. The van der Waals surface area contributed by atoms with Crippen molar-refractivity contribution in [3.05, 3.63) is 46.7 Å². The molecule has 0 radical (unpaired) electrons. The molecular weight excluding hydrogens is 367 g/mol. The summed E-state index contributed by atoms with van der Waals surface area (Å²) in [7, 11) is -3.68. The second kappa shape index (κ2) is 7.12. The number of nitrogens with one attached hydrogen (secondary N) is 1. The van der Waals surface area contributed by atoms with Gasteiger partial charge in [-0.1, -0.05) is 11.6 Å². The molecule has 5 nitrogen and oxygen atoms in total. The van der Waals surface area contributed by atoms with E-state index in [1.807, 2.05) is 0 Å². The van der Waals surface area contributed by atoms with Crippen molar-refractivity contribution in [1.29, 1.82) is 0 Å². The van der Waals surface area contributed by atoms with Gasteiger partial charge in [-0.05, 0) is 43.7 Å². The highest BCUT2D eigenvalue weighted by atomic mass is 35.5. The molecule has 1 N–H and O–H groups in total. The molecule has 24 heavy (non-hydrogen) atoms. The Bertz CT molecular complexity index is 802. The third kappa shape index (κ3) is 4.71. The summed E-state index contributed by atoms with van der Waals surface area (Å²) in [6.45, 7) is 1.76. The van der Waals surface area contributed by atoms with Gasteiger partial charge in [-0.3, -0.25) is 4.68 Å². The number of nitrogens with zero attached hydrogens (tertiary/aromatic N) is 2. The number of hydrogen-bond acceptors (Lipinski definition) is 3. The van der Waals surface area contributed by atoms with Crippen LogP contribution in [-0.4, -0.2) is 24.7 Å². The molecule has 0 aliphatic heterocycles. The number of hydrogen-bond donors (Lipinski definition) is 1. The van der Waals surface area contributed by atoms with Crippen LogP contribution in [0.15, 0.2) is 35.2 Å². The van der Waals surface area contributed by atoms with Crippen molar-refractivity contribution in [2.24, 2.45) is 0 Å². The first-order valence-corrected chi connectivity index (χ1v) is 8.82. The highest BCUT2D eigenvalue weighted by Crippen LogP contribution is 2.28.